The Kier molecular flexibility index (Phi) is 5.52. The van der Waals surface area contributed by atoms with Gasteiger partial charge in [0.05, 0.1) is 6.26 Å². The summed E-state index contributed by atoms with van der Waals surface area (Å²) in [5, 5.41) is 7.78. The van der Waals surface area contributed by atoms with Crippen LogP contribution in [0.1, 0.15) is 30.3 Å². The van der Waals surface area contributed by atoms with Crippen LogP contribution < -0.4 is 0 Å². The van der Waals surface area contributed by atoms with Gasteiger partial charge in [-0.3, -0.25) is 15.0 Å². The summed E-state index contributed by atoms with van der Waals surface area (Å²) in [5.41, 5.74) is -0.000684. The molecule has 0 aromatic carbocycles. The normalized spacial score (nSPS) is 15.3. The van der Waals surface area contributed by atoms with E-state index in [0.717, 1.165) is 12.8 Å². The summed E-state index contributed by atoms with van der Waals surface area (Å²) in [5.74, 6) is -0.123. The highest BCUT2D eigenvalue weighted by Crippen LogP contribution is 2.10. The van der Waals surface area contributed by atoms with E-state index in [1.54, 1.807) is 28.0 Å². The van der Waals surface area contributed by atoms with Crippen molar-refractivity contribution in [3.8, 4) is 0 Å². The molecular weight excluding hydrogens is 282 g/mol. The van der Waals surface area contributed by atoms with Gasteiger partial charge in [0, 0.05) is 26.2 Å². The van der Waals surface area contributed by atoms with E-state index >= 15 is 0 Å². The van der Waals surface area contributed by atoms with E-state index in [4.69, 9.17) is 9.83 Å². The molecule has 0 atom stereocenters. The molecule has 1 aromatic rings. The van der Waals surface area contributed by atoms with Crippen LogP contribution in [0, 0.1) is 5.41 Å². The van der Waals surface area contributed by atoms with E-state index in [0.29, 0.717) is 31.9 Å². The van der Waals surface area contributed by atoms with E-state index < -0.39 is 0 Å². The number of rotatable bonds is 5. The molecule has 2 heterocycles. The summed E-state index contributed by atoms with van der Waals surface area (Å²) in [4.78, 5) is 27.5. The average Bonchev–Trinajstić information content (AvgIpc) is 3.08. The van der Waals surface area contributed by atoms with Gasteiger partial charge in [-0.1, -0.05) is 19.4 Å². The Morgan fingerprint density at radius 2 is 1.95 bits per heavy atom. The van der Waals surface area contributed by atoms with Crippen molar-refractivity contribution in [2.75, 3.05) is 26.2 Å². The molecule has 1 aliphatic rings. The van der Waals surface area contributed by atoms with Gasteiger partial charge in [0.15, 0.2) is 5.76 Å². The predicted molar refractivity (Wildman–Crippen MR) is 83.0 cm³/mol. The molecule has 1 aliphatic heterocycles. The van der Waals surface area contributed by atoms with Crippen molar-refractivity contribution in [1.29, 1.82) is 5.41 Å². The minimum absolute atomic E-state index is 0.000684. The monoisotopic (exact) mass is 303 g/mol. The van der Waals surface area contributed by atoms with Crippen LogP contribution in [0.2, 0.25) is 0 Å². The van der Waals surface area contributed by atoms with Gasteiger partial charge in [0.25, 0.3) is 11.8 Å². The van der Waals surface area contributed by atoms with E-state index in [1.165, 1.54) is 6.26 Å². The van der Waals surface area contributed by atoms with Crippen molar-refractivity contribution in [1.82, 2.24) is 9.80 Å². The van der Waals surface area contributed by atoms with Crippen molar-refractivity contribution >= 4 is 17.5 Å². The number of amides is 2. The number of allylic oxidation sites excluding steroid dienone is 1. The lowest BCUT2D eigenvalue weighted by atomic mass is 10.2. The number of nitrogens with zero attached hydrogens (tertiary/aromatic N) is 2. The summed E-state index contributed by atoms with van der Waals surface area (Å²) in [7, 11) is 0. The third-order valence-corrected chi connectivity index (χ3v) is 3.56. The van der Waals surface area contributed by atoms with Gasteiger partial charge in [-0.2, -0.15) is 0 Å². The lowest BCUT2D eigenvalue weighted by molar-refractivity contribution is -0.125. The van der Waals surface area contributed by atoms with Crippen LogP contribution in [-0.4, -0.2) is 53.5 Å². The molecule has 1 aromatic heterocycles. The van der Waals surface area contributed by atoms with E-state index in [9.17, 15) is 9.59 Å². The molecule has 0 aliphatic carbocycles. The zero-order valence-electron chi connectivity index (χ0n) is 12.7. The molecule has 6 heteroatoms. The maximum Gasteiger partial charge on any atom is 0.289 e. The van der Waals surface area contributed by atoms with Gasteiger partial charge in [-0.15, -0.1) is 0 Å². The SMILES string of the molecule is CCCC=CC(=N)C(=O)N1CCN(C(=O)c2ccco2)CC1. The van der Waals surface area contributed by atoms with Gasteiger partial charge < -0.3 is 14.2 Å². The van der Waals surface area contributed by atoms with E-state index in [1.807, 2.05) is 13.0 Å². The first-order valence-corrected chi connectivity index (χ1v) is 7.50. The van der Waals surface area contributed by atoms with Crippen molar-refractivity contribution in [2.24, 2.45) is 0 Å². The number of furan rings is 1. The fourth-order valence-corrected chi connectivity index (χ4v) is 2.28. The van der Waals surface area contributed by atoms with Gasteiger partial charge >= 0.3 is 0 Å². The molecule has 118 valence electrons. The predicted octanol–water partition coefficient (Wildman–Crippen LogP) is 1.94. The maximum absolute atomic E-state index is 12.1. The fraction of sp³-hybridized carbons (Fsp3) is 0.438. The molecule has 2 amide bonds. The Hall–Kier alpha value is -2.37. The number of carbonyl (C=O) groups excluding carboxylic acids is 2. The molecule has 0 saturated carbocycles. The minimum Gasteiger partial charge on any atom is -0.459 e. The lowest BCUT2D eigenvalue weighted by Gasteiger charge is -2.34. The Bertz CT molecular complexity index is 555. The van der Waals surface area contributed by atoms with Crippen LogP contribution in [0.25, 0.3) is 0 Å². The van der Waals surface area contributed by atoms with Crippen LogP contribution in [0.15, 0.2) is 35.0 Å². The van der Waals surface area contributed by atoms with E-state index in [-0.39, 0.29) is 17.5 Å². The van der Waals surface area contributed by atoms with Crippen molar-refractivity contribution < 1.29 is 14.0 Å². The quantitative estimate of drug-likeness (QED) is 0.844. The van der Waals surface area contributed by atoms with E-state index in [2.05, 4.69) is 0 Å². The molecule has 6 nitrogen and oxygen atoms in total. The Morgan fingerprint density at radius 3 is 2.55 bits per heavy atom. The third-order valence-electron chi connectivity index (χ3n) is 3.56. The maximum atomic E-state index is 12.1. The average molecular weight is 303 g/mol. The Labute approximate surface area is 129 Å². The summed E-state index contributed by atoms with van der Waals surface area (Å²) in [6.45, 7) is 3.84. The third kappa shape index (κ3) is 3.84. The molecular formula is C16H21N3O3. The number of piperazine rings is 1. The van der Waals surface area contributed by atoms with Crippen LogP contribution in [0.3, 0.4) is 0 Å². The number of nitrogens with one attached hydrogen (secondary N) is 1. The first-order chi connectivity index (χ1) is 10.6. The molecule has 2 rings (SSSR count). The Balaban J connectivity index is 1.85. The molecule has 1 N–H and O–H groups in total. The van der Waals surface area contributed by atoms with Gasteiger partial charge in [-0.05, 0) is 24.6 Å². The minimum atomic E-state index is -0.280. The van der Waals surface area contributed by atoms with Crippen LogP contribution in [0.4, 0.5) is 0 Å². The summed E-state index contributed by atoms with van der Waals surface area (Å²) in [6.07, 6.45) is 6.73. The van der Waals surface area contributed by atoms with Gasteiger partial charge in [-0.25, -0.2) is 0 Å². The number of carbonyl (C=O) groups is 2. The smallest absolute Gasteiger partial charge is 0.289 e. The zero-order valence-corrected chi connectivity index (χ0v) is 12.7. The standard InChI is InChI=1S/C16H21N3O3/c1-2-3-4-6-13(17)15(20)18-8-10-19(11-9-18)16(21)14-7-5-12-22-14/h4-7,12,17H,2-3,8-11H2,1H3. The zero-order chi connectivity index (χ0) is 15.9. The fourth-order valence-electron chi connectivity index (χ4n) is 2.28. The highest BCUT2D eigenvalue weighted by molar-refractivity contribution is 6.41. The molecule has 0 unspecified atom stereocenters. The summed E-state index contributed by atoms with van der Waals surface area (Å²) in [6, 6.07) is 3.31. The first kappa shape index (κ1) is 16.0. The van der Waals surface area contributed by atoms with Crippen molar-refractivity contribution in [3.63, 3.8) is 0 Å². The number of hydrogen-bond acceptors (Lipinski definition) is 4. The molecule has 22 heavy (non-hydrogen) atoms. The summed E-state index contributed by atoms with van der Waals surface area (Å²) >= 11 is 0. The number of unbranched alkanes of at least 4 members (excludes halogenated alkanes) is 1. The highest BCUT2D eigenvalue weighted by atomic mass is 16.3. The van der Waals surface area contributed by atoms with Crippen molar-refractivity contribution in [2.45, 2.75) is 19.8 Å². The summed E-state index contributed by atoms with van der Waals surface area (Å²) < 4.78 is 5.10. The number of hydrogen-bond donors (Lipinski definition) is 1. The molecule has 0 bridgehead atoms. The topological polar surface area (TPSA) is 77.6 Å². The van der Waals surface area contributed by atoms with Gasteiger partial charge in [0.1, 0.15) is 5.71 Å². The molecule has 1 fully saturated rings. The van der Waals surface area contributed by atoms with Crippen LogP contribution in [-0.2, 0) is 4.79 Å². The largest absolute Gasteiger partial charge is 0.459 e. The Morgan fingerprint density at radius 1 is 1.27 bits per heavy atom. The molecule has 1 saturated heterocycles. The van der Waals surface area contributed by atoms with Gasteiger partial charge in [0.2, 0.25) is 0 Å². The highest BCUT2D eigenvalue weighted by Gasteiger charge is 2.26. The van der Waals surface area contributed by atoms with Crippen LogP contribution >= 0.6 is 0 Å². The van der Waals surface area contributed by atoms with Crippen molar-refractivity contribution in [3.05, 3.63) is 36.3 Å². The second kappa shape index (κ2) is 7.59. The molecule has 0 spiro atoms. The second-order valence-corrected chi connectivity index (χ2v) is 5.17. The molecule has 0 radical (unpaired) electrons. The van der Waals surface area contributed by atoms with Crippen LogP contribution in [0.5, 0.6) is 0 Å². The first-order valence-electron chi connectivity index (χ1n) is 7.50. The lowest BCUT2D eigenvalue weighted by Crippen LogP contribution is -2.51. The second-order valence-electron chi connectivity index (χ2n) is 5.17.